The largest absolute Gasteiger partial charge is 0.609 e. The molecule has 0 fully saturated rings. The Balaban J connectivity index is 1.56. The lowest BCUT2D eigenvalue weighted by Gasteiger charge is -2.18. The van der Waals surface area contributed by atoms with E-state index < -0.39 is 7.40 Å². The second-order valence-electron chi connectivity index (χ2n) is 10.8. The molecule has 0 saturated carbocycles. The number of fused-ring (bicyclic) bond motifs is 6. The van der Waals surface area contributed by atoms with E-state index >= 15 is 8.63 Å². The number of aromatic hydroxyl groups is 1. The second-order valence-corrected chi connectivity index (χ2v) is 11.6. The highest BCUT2D eigenvalue weighted by molar-refractivity contribution is 6.39. The molecule has 41 heavy (non-hydrogen) atoms. The van der Waals surface area contributed by atoms with E-state index in [-0.39, 0.29) is 15.8 Å². The molecule has 2 heterocycles. The first-order chi connectivity index (χ1) is 19.9. The normalized spacial score (nSPS) is 17.3. The van der Waals surface area contributed by atoms with Gasteiger partial charge >= 0.3 is 7.40 Å². The number of phenols is 1. The number of hydrogen-bond acceptors (Lipinski definition) is 1. The average molecular weight is 586 g/mol. The Morgan fingerprint density at radius 2 is 1.41 bits per heavy atom. The lowest BCUT2D eigenvalue weighted by atomic mass is 9.97. The SMILES string of the molecule is Oc1cc(Cl)c(/C(=C2\C=C3CCCc4ccccc4C3=[N+]2[B-](F)F)c2cc3c([nH]2)-c2ccccc2CCC3)c(Cl)c1. The van der Waals surface area contributed by atoms with Crippen LogP contribution in [0.15, 0.2) is 84.1 Å². The Bertz CT molecular complexity index is 1800. The van der Waals surface area contributed by atoms with Crippen LogP contribution in [0, 0.1) is 0 Å². The van der Waals surface area contributed by atoms with E-state index in [1.807, 2.05) is 48.5 Å². The van der Waals surface area contributed by atoms with Crippen molar-refractivity contribution in [1.29, 1.82) is 0 Å². The molecule has 2 aliphatic carbocycles. The van der Waals surface area contributed by atoms with Crippen molar-refractivity contribution in [3.05, 3.63) is 128 Å². The van der Waals surface area contributed by atoms with Gasteiger partial charge in [0, 0.05) is 34.0 Å². The number of rotatable bonds is 3. The van der Waals surface area contributed by atoms with Gasteiger partial charge in [0.1, 0.15) is 5.75 Å². The Hall–Kier alpha value is -3.61. The van der Waals surface area contributed by atoms with E-state index in [0.717, 1.165) is 70.1 Å². The molecule has 0 bridgehead atoms. The minimum Gasteiger partial charge on any atom is -0.508 e. The molecular formula is C33H26BCl2F2N2O. The highest BCUT2D eigenvalue weighted by atomic mass is 35.5. The van der Waals surface area contributed by atoms with Crippen LogP contribution < -0.4 is 0 Å². The topological polar surface area (TPSA) is 39.0 Å². The summed E-state index contributed by atoms with van der Waals surface area (Å²) in [6.07, 6.45) is 7.05. The number of hydrogen-bond donors (Lipinski definition) is 2. The van der Waals surface area contributed by atoms with Gasteiger partial charge in [-0.3, -0.25) is 0 Å². The summed E-state index contributed by atoms with van der Waals surface area (Å²) >= 11 is 13.5. The Kier molecular flexibility index (Phi) is 6.64. The van der Waals surface area contributed by atoms with Crippen LogP contribution in [0.4, 0.5) is 8.63 Å². The van der Waals surface area contributed by atoms with Gasteiger partial charge in [-0.05, 0) is 79.5 Å². The highest BCUT2D eigenvalue weighted by Crippen LogP contribution is 2.44. The fraction of sp³-hybridized carbons (Fsp3) is 0.182. The minimum absolute atomic E-state index is 0.0896. The van der Waals surface area contributed by atoms with Gasteiger partial charge in [-0.2, -0.15) is 0 Å². The summed E-state index contributed by atoms with van der Waals surface area (Å²) < 4.78 is 31.6. The van der Waals surface area contributed by atoms with Gasteiger partial charge < -0.3 is 23.2 Å². The zero-order valence-electron chi connectivity index (χ0n) is 22.2. The fourth-order valence-electron chi connectivity index (χ4n) is 6.63. The number of H-pyrrole nitrogens is 1. The molecule has 205 valence electrons. The monoisotopic (exact) mass is 585 g/mol. The summed E-state index contributed by atoms with van der Waals surface area (Å²) in [5.41, 5.74) is 9.63. The fourth-order valence-corrected chi connectivity index (χ4v) is 7.29. The van der Waals surface area contributed by atoms with Gasteiger partial charge in [-0.25, -0.2) is 0 Å². The van der Waals surface area contributed by atoms with Crippen LogP contribution in [0.2, 0.25) is 10.0 Å². The molecule has 1 aromatic heterocycles. The molecule has 0 spiro atoms. The van der Waals surface area contributed by atoms with Crippen LogP contribution in [-0.4, -0.2) is 27.7 Å². The smallest absolute Gasteiger partial charge is 0.508 e. The van der Waals surface area contributed by atoms with Gasteiger partial charge in [0.2, 0.25) is 0 Å². The summed E-state index contributed by atoms with van der Waals surface area (Å²) in [5, 5.41) is 10.6. The number of aromatic amines is 1. The molecule has 3 nitrogen and oxygen atoms in total. The van der Waals surface area contributed by atoms with Crippen LogP contribution in [0.3, 0.4) is 0 Å². The zero-order chi connectivity index (χ0) is 28.2. The molecule has 0 atom stereocenters. The van der Waals surface area contributed by atoms with Gasteiger partial charge in [-0.1, -0.05) is 65.7 Å². The Morgan fingerprint density at radius 1 is 0.805 bits per heavy atom. The molecule has 1 aliphatic heterocycles. The van der Waals surface area contributed by atoms with E-state index in [1.54, 1.807) is 0 Å². The van der Waals surface area contributed by atoms with Crippen LogP contribution in [0.5, 0.6) is 5.75 Å². The molecule has 3 aromatic carbocycles. The number of halogens is 4. The quantitative estimate of drug-likeness (QED) is 0.232. The first kappa shape index (κ1) is 26.3. The number of aromatic nitrogens is 1. The minimum atomic E-state index is -2.81. The third kappa shape index (κ3) is 4.45. The molecule has 0 unspecified atom stereocenters. The van der Waals surface area contributed by atoms with Crippen LogP contribution in [0.25, 0.3) is 16.8 Å². The molecule has 0 amide bonds. The summed E-state index contributed by atoms with van der Waals surface area (Å²) in [6.45, 7) is 0. The van der Waals surface area contributed by atoms with E-state index in [9.17, 15) is 5.11 Å². The van der Waals surface area contributed by atoms with Crippen molar-refractivity contribution in [1.82, 2.24) is 4.98 Å². The summed E-state index contributed by atoms with van der Waals surface area (Å²) in [5.74, 6) is -0.0896. The number of phenolic OH excluding ortho intramolecular Hbond substituents is 1. The van der Waals surface area contributed by atoms with Gasteiger partial charge in [0.15, 0.2) is 11.4 Å². The zero-order valence-corrected chi connectivity index (χ0v) is 23.7. The number of nitrogens with zero attached hydrogens (tertiary/aromatic N) is 1. The van der Waals surface area contributed by atoms with Crippen molar-refractivity contribution in [2.75, 3.05) is 0 Å². The standard InChI is InChI=1S/C33H25BCl2F2N2O/c35-26-17-23(41)18-27(36)30(26)31(28-15-21-11-5-9-19-7-1-3-13-24(19)32(21)39-28)29-16-22-12-6-10-20-8-2-4-14-25(20)33(22)40(29)34(37)38/h1-4,7-8,13-18,39H,5-6,9-12H2/q-1/p+1/b31-29+. The van der Waals surface area contributed by atoms with Crippen LogP contribution >= 0.6 is 23.2 Å². The molecule has 3 aliphatic rings. The van der Waals surface area contributed by atoms with Crippen molar-refractivity contribution in [2.24, 2.45) is 0 Å². The lowest BCUT2D eigenvalue weighted by molar-refractivity contribution is -0.340. The van der Waals surface area contributed by atoms with Gasteiger partial charge in [0.25, 0.3) is 0 Å². The Labute approximate surface area is 247 Å². The van der Waals surface area contributed by atoms with Gasteiger partial charge in [-0.15, -0.1) is 0 Å². The summed E-state index contributed by atoms with van der Waals surface area (Å²) in [6, 6.07) is 21.0. The molecule has 4 aromatic rings. The molecule has 1 radical (unpaired) electrons. The number of nitrogens with one attached hydrogen (secondary N) is 1. The average Bonchev–Trinajstić information content (AvgIpc) is 3.42. The predicted octanol–water partition coefficient (Wildman–Crippen LogP) is 8.64. The number of aryl methyl sites for hydroxylation is 3. The van der Waals surface area contributed by atoms with Crippen LogP contribution in [-0.2, 0) is 19.3 Å². The van der Waals surface area contributed by atoms with Gasteiger partial charge in [0.05, 0.1) is 21.3 Å². The molecule has 8 heteroatoms. The first-order valence-electron chi connectivity index (χ1n) is 13.9. The molecular weight excluding hydrogens is 560 g/mol. The number of benzene rings is 3. The number of allylic oxidation sites excluding steroid dienone is 2. The predicted molar refractivity (Wildman–Crippen MR) is 162 cm³/mol. The van der Waals surface area contributed by atoms with Crippen LogP contribution in [0.1, 0.15) is 52.8 Å². The summed E-state index contributed by atoms with van der Waals surface area (Å²) in [4.78, 5) is 3.60. The third-order valence-electron chi connectivity index (χ3n) is 8.36. The van der Waals surface area contributed by atoms with E-state index in [0.29, 0.717) is 34.7 Å². The lowest BCUT2D eigenvalue weighted by Crippen LogP contribution is -2.27. The maximum Gasteiger partial charge on any atom is 0.609 e. The van der Waals surface area contributed by atoms with Crippen molar-refractivity contribution in [3.8, 4) is 17.0 Å². The van der Waals surface area contributed by atoms with Crippen molar-refractivity contribution in [2.45, 2.75) is 38.5 Å². The van der Waals surface area contributed by atoms with E-state index in [1.165, 1.54) is 17.7 Å². The maximum atomic E-state index is 15.2. The molecule has 0 saturated heterocycles. The van der Waals surface area contributed by atoms with E-state index in [4.69, 9.17) is 23.2 Å². The maximum absolute atomic E-state index is 15.2. The first-order valence-corrected chi connectivity index (χ1v) is 14.6. The third-order valence-corrected chi connectivity index (χ3v) is 8.95. The summed E-state index contributed by atoms with van der Waals surface area (Å²) in [7, 11) is -2.81. The van der Waals surface area contributed by atoms with Crippen molar-refractivity contribution >= 4 is 41.9 Å². The van der Waals surface area contributed by atoms with Crippen molar-refractivity contribution in [3.63, 3.8) is 0 Å². The molecule has 7 rings (SSSR count). The molecule has 2 N–H and O–H groups in total. The second kappa shape index (κ2) is 10.3. The van der Waals surface area contributed by atoms with Crippen molar-refractivity contribution < 1.29 is 18.2 Å². The highest BCUT2D eigenvalue weighted by Gasteiger charge is 2.38. The van der Waals surface area contributed by atoms with E-state index in [2.05, 4.69) is 17.1 Å². The Morgan fingerprint density at radius 3 is 2.12 bits per heavy atom.